The van der Waals surface area contributed by atoms with Crippen molar-refractivity contribution in [1.29, 1.82) is 0 Å². The van der Waals surface area contributed by atoms with E-state index in [4.69, 9.17) is 10.5 Å². The highest BCUT2D eigenvalue weighted by Gasteiger charge is 2.25. The molecule has 0 radical (unpaired) electrons. The number of nitrogens with zero attached hydrogens (tertiary/aromatic N) is 1. The lowest BCUT2D eigenvalue weighted by Gasteiger charge is -2.19. The molecule has 1 heterocycles. The molecule has 0 aromatic heterocycles. The van der Waals surface area contributed by atoms with Crippen LogP contribution in [0, 0.1) is 5.92 Å². The Balaban J connectivity index is 2.38. The number of hydrogen-bond donors (Lipinski definition) is 1. The van der Waals surface area contributed by atoms with Gasteiger partial charge in [-0.05, 0) is 32.8 Å². The van der Waals surface area contributed by atoms with Crippen LogP contribution in [0.5, 0.6) is 0 Å². The number of rotatable bonds is 3. The Morgan fingerprint density at radius 2 is 2.39 bits per heavy atom. The third-order valence-corrected chi connectivity index (χ3v) is 3.22. The van der Waals surface area contributed by atoms with Crippen LogP contribution in [0.1, 0.15) is 26.7 Å². The van der Waals surface area contributed by atoms with Crippen molar-refractivity contribution in [2.24, 2.45) is 16.6 Å². The zero-order chi connectivity index (χ0) is 13.1. The van der Waals surface area contributed by atoms with Crippen LogP contribution < -0.4 is 5.73 Å². The Kier molecular flexibility index (Phi) is 3.65. The van der Waals surface area contributed by atoms with Gasteiger partial charge in [-0.1, -0.05) is 12.2 Å². The molecule has 2 N–H and O–H groups in total. The fourth-order valence-electron chi connectivity index (χ4n) is 2.32. The summed E-state index contributed by atoms with van der Waals surface area (Å²) in [6.07, 6.45) is 7.51. The predicted molar refractivity (Wildman–Crippen MR) is 70.9 cm³/mol. The predicted octanol–water partition coefficient (Wildman–Crippen LogP) is 2.09. The first kappa shape index (κ1) is 12.6. The molecule has 0 spiro atoms. The topological polar surface area (TPSA) is 64.7 Å². The van der Waals surface area contributed by atoms with Crippen LogP contribution in [0.2, 0.25) is 0 Å². The van der Waals surface area contributed by atoms with Crippen molar-refractivity contribution >= 4 is 11.6 Å². The SMILES string of the molecule is CCOC1=CC=CC2CCC(C(N)=O)=C(C)N=C12. The lowest BCUT2D eigenvalue weighted by molar-refractivity contribution is -0.114. The monoisotopic (exact) mass is 246 g/mol. The van der Waals surface area contributed by atoms with E-state index in [0.29, 0.717) is 24.3 Å². The van der Waals surface area contributed by atoms with E-state index in [0.717, 1.165) is 17.9 Å². The van der Waals surface area contributed by atoms with Crippen molar-refractivity contribution in [3.63, 3.8) is 0 Å². The summed E-state index contributed by atoms with van der Waals surface area (Å²) in [7, 11) is 0. The van der Waals surface area contributed by atoms with Gasteiger partial charge in [-0.25, -0.2) is 0 Å². The van der Waals surface area contributed by atoms with E-state index in [9.17, 15) is 4.79 Å². The van der Waals surface area contributed by atoms with Crippen LogP contribution in [-0.2, 0) is 9.53 Å². The second kappa shape index (κ2) is 5.21. The number of carbonyl (C=O) groups excluding carboxylic acids is 1. The average Bonchev–Trinajstić information content (AvgIpc) is 2.49. The van der Waals surface area contributed by atoms with E-state index in [1.54, 1.807) is 0 Å². The molecule has 0 saturated carbocycles. The van der Waals surface area contributed by atoms with Crippen molar-refractivity contribution in [2.75, 3.05) is 6.61 Å². The Morgan fingerprint density at radius 1 is 1.61 bits per heavy atom. The lowest BCUT2D eigenvalue weighted by atomic mass is 9.91. The standard InChI is InChI=1S/C14H18N2O2/c1-3-18-12-6-4-5-10-7-8-11(14(15)17)9(2)16-13(10)12/h4-6,10H,3,7-8H2,1-2H3,(H2,15,17). The average molecular weight is 246 g/mol. The number of fused-ring (bicyclic) bond motifs is 1. The first-order valence-corrected chi connectivity index (χ1v) is 6.23. The van der Waals surface area contributed by atoms with Crippen LogP contribution in [0.4, 0.5) is 0 Å². The minimum atomic E-state index is -0.374. The van der Waals surface area contributed by atoms with Crippen molar-refractivity contribution in [2.45, 2.75) is 26.7 Å². The highest BCUT2D eigenvalue weighted by molar-refractivity contribution is 6.04. The molecule has 1 aliphatic carbocycles. The fourth-order valence-corrected chi connectivity index (χ4v) is 2.32. The molecule has 4 nitrogen and oxygen atoms in total. The Bertz CT molecular complexity index is 484. The van der Waals surface area contributed by atoms with Crippen LogP contribution in [0.25, 0.3) is 0 Å². The van der Waals surface area contributed by atoms with Crippen molar-refractivity contribution in [3.05, 3.63) is 35.3 Å². The number of aliphatic imine (C=N–C) groups is 1. The summed E-state index contributed by atoms with van der Waals surface area (Å²) in [6.45, 7) is 4.39. The van der Waals surface area contributed by atoms with E-state index in [-0.39, 0.29) is 11.8 Å². The molecule has 2 aliphatic rings. The molecule has 96 valence electrons. The molecule has 18 heavy (non-hydrogen) atoms. The van der Waals surface area contributed by atoms with Crippen LogP contribution in [0.15, 0.2) is 40.2 Å². The second-order valence-electron chi connectivity index (χ2n) is 4.42. The van der Waals surface area contributed by atoms with E-state index in [2.05, 4.69) is 11.1 Å². The van der Waals surface area contributed by atoms with Crippen molar-refractivity contribution in [1.82, 2.24) is 0 Å². The van der Waals surface area contributed by atoms with E-state index in [1.807, 2.05) is 26.0 Å². The zero-order valence-corrected chi connectivity index (χ0v) is 10.8. The van der Waals surface area contributed by atoms with Gasteiger partial charge in [-0.15, -0.1) is 0 Å². The minimum Gasteiger partial charge on any atom is -0.492 e. The number of amides is 1. The van der Waals surface area contributed by atoms with E-state index >= 15 is 0 Å². The molecule has 1 amide bonds. The fraction of sp³-hybridized carbons (Fsp3) is 0.429. The molecule has 0 bridgehead atoms. The Hall–Kier alpha value is -1.84. The minimum absolute atomic E-state index is 0.211. The van der Waals surface area contributed by atoms with Gasteiger partial charge >= 0.3 is 0 Å². The summed E-state index contributed by atoms with van der Waals surface area (Å²) < 4.78 is 5.59. The maximum Gasteiger partial charge on any atom is 0.246 e. The van der Waals surface area contributed by atoms with Gasteiger partial charge in [-0.2, -0.15) is 0 Å². The molecular formula is C14H18N2O2. The van der Waals surface area contributed by atoms with Gasteiger partial charge in [0.05, 0.1) is 12.3 Å². The van der Waals surface area contributed by atoms with Crippen molar-refractivity contribution < 1.29 is 9.53 Å². The number of primary amides is 1. The smallest absolute Gasteiger partial charge is 0.246 e. The van der Waals surface area contributed by atoms with Crippen LogP contribution in [0.3, 0.4) is 0 Å². The first-order chi connectivity index (χ1) is 8.63. The summed E-state index contributed by atoms with van der Waals surface area (Å²) >= 11 is 0. The quantitative estimate of drug-likeness (QED) is 0.828. The molecule has 0 fully saturated rings. The Morgan fingerprint density at radius 3 is 3.06 bits per heavy atom. The molecule has 1 unspecified atom stereocenters. The normalized spacial score (nSPS) is 22.9. The summed E-state index contributed by atoms with van der Waals surface area (Å²) in [6, 6.07) is 0. The molecule has 4 heteroatoms. The summed E-state index contributed by atoms with van der Waals surface area (Å²) in [4.78, 5) is 15.9. The number of nitrogens with two attached hydrogens (primary N) is 1. The maximum absolute atomic E-state index is 11.4. The molecule has 0 saturated heterocycles. The van der Waals surface area contributed by atoms with Crippen molar-refractivity contribution in [3.8, 4) is 0 Å². The highest BCUT2D eigenvalue weighted by Crippen LogP contribution is 2.29. The number of allylic oxidation sites excluding steroid dienone is 5. The van der Waals surface area contributed by atoms with Crippen LogP contribution in [-0.4, -0.2) is 18.2 Å². The number of ether oxygens (including phenoxy) is 1. The number of carbonyl (C=O) groups is 1. The summed E-state index contributed by atoms with van der Waals surface area (Å²) in [5.74, 6) is 0.639. The van der Waals surface area contributed by atoms with Gasteiger partial charge in [-0.3, -0.25) is 9.79 Å². The third-order valence-electron chi connectivity index (χ3n) is 3.22. The zero-order valence-electron chi connectivity index (χ0n) is 10.8. The van der Waals surface area contributed by atoms with Gasteiger partial charge in [0.25, 0.3) is 0 Å². The number of hydrogen-bond acceptors (Lipinski definition) is 3. The molecule has 0 aromatic rings. The first-order valence-electron chi connectivity index (χ1n) is 6.23. The largest absolute Gasteiger partial charge is 0.492 e. The van der Waals surface area contributed by atoms with E-state index < -0.39 is 0 Å². The van der Waals surface area contributed by atoms with Gasteiger partial charge in [0.15, 0.2) is 0 Å². The van der Waals surface area contributed by atoms with Gasteiger partial charge in [0, 0.05) is 17.2 Å². The molecule has 2 rings (SSSR count). The summed E-state index contributed by atoms with van der Waals surface area (Å²) in [5, 5.41) is 0. The third kappa shape index (κ3) is 2.37. The molecule has 1 atom stereocenters. The maximum atomic E-state index is 11.4. The molecule has 1 aliphatic heterocycles. The van der Waals surface area contributed by atoms with Gasteiger partial charge in [0.1, 0.15) is 5.76 Å². The lowest BCUT2D eigenvalue weighted by Crippen LogP contribution is -2.19. The van der Waals surface area contributed by atoms with Gasteiger partial charge < -0.3 is 10.5 Å². The van der Waals surface area contributed by atoms with Crippen LogP contribution >= 0.6 is 0 Å². The molecule has 0 aromatic carbocycles. The highest BCUT2D eigenvalue weighted by atomic mass is 16.5. The Labute approximate surface area is 107 Å². The summed E-state index contributed by atoms with van der Waals surface area (Å²) in [5.41, 5.74) is 7.63. The second-order valence-corrected chi connectivity index (χ2v) is 4.42. The van der Waals surface area contributed by atoms with E-state index in [1.165, 1.54) is 0 Å². The molecular weight excluding hydrogens is 228 g/mol. The van der Waals surface area contributed by atoms with Gasteiger partial charge in [0.2, 0.25) is 5.91 Å².